The number of halogens is 1. The predicted molar refractivity (Wildman–Crippen MR) is 40.0 cm³/mol. The molecule has 0 bridgehead atoms. The molecule has 10 heavy (non-hydrogen) atoms. The fraction of sp³-hybridized carbons (Fsp3) is 0.625. The van der Waals surface area contributed by atoms with E-state index in [0.29, 0.717) is 5.92 Å². The minimum Gasteiger partial charge on any atom is -0.298 e. The number of rotatable bonds is 0. The van der Waals surface area contributed by atoms with Crippen molar-refractivity contribution in [2.24, 2.45) is 11.8 Å². The lowest BCUT2D eigenvalue weighted by atomic mass is 9.67. The summed E-state index contributed by atoms with van der Waals surface area (Å²) in [5, 5.41) is -0.207. The highest BCUT2D eigenvalue weighted by atomic mass is 35.5. The average molecular weight is 157 g/mol. The molecule has 54 valence electrons. The number of hydrogen-bond donors (Lipinski definition) is 0. The number of carbonyl (C=O) groups is 1. The van der Waals surface area contributed by atoms with Crippen molar-refractivity contribution in [3.63, 3.8) is 0 Å². The van der Waals surface area contributed by atoms with Gasteiger partial charge in [0.1, 0.15) is 0 Å². The Labute approximate surface area is 65.1 Å². The van der Waals surface area contributed by atoms with Crippen molar-refractivity contribution in [3.05, 3.63) is 12.2 Å². The van der Waals surface area contributed by atoms with Crippen LogP contribution in [0.5, 0.6) is 0 Å². The van der Waals surface area contributed by atoms with Crippen molar-refractivity contribution < 1.29 is 4.79 Å². The number of ketones is 1. The maximum Gasteiger partial charge on any atom is 0.155 e. The largest absolute Gasteiger partial charge is 0.298 e. The lowest BCUT2D eigenvalue weighted by Gasteiger charge is -2.39. The van der Waals surface area contributed by atoms with E-state index in [1.54, 1.807) is 0 Å². The second-order valence-corrected chi connectivity index (χ2v) is 3.46. The third-order valence-electron chi connectivity index (χ3n) is 2.44. The molecule has 0 spiro atoms. The molecule has 2 aliphatic carbocycles. The van der Waals surface area contributed by atoms with E-state index in [4.69, 9.17) is 11.6 Å². The van der Waals surface area contributed by atoms with Crippen LogP contribution in [-0.4, -0.2) is 11.2 Å². The first-order chi connectivity index (χ1) is 4.80. The fourth-order valence-electron chi connectivity index (χ4n) is 1.76. The van der Waals surface area contributed by atoms with Crippen LogP contribution in [-0.2, 0) is 4.79 Å². The SMILES string of the molecule is O=C1C(Cl)C2C=CCCC12. The lowest BCUT2D eigenvalue weighted by Crippen LogP contribution is -2.48. The maximum atomic E-state index is 11.0. The van der Waals surface area contributed by atoms with Crippen molar-refractivity contribution in [1.82, 2.24) is 0 Å². The summed E-state index contributed by atoms with van der Waals surface area (Å²) in [4.78, 5) is 11.0. The molecule has 1 fully saturated rings. The molecule has 2 heteroatoms. The molecule has 3 unspecified atom stereocenters. The zero-order valence-corrected chi connectivity index (χ0v) is 6.34. The molecule has 0 amide bonds. The Morgan fingerprint density at radius 2 is 2.40 bits per heavy atom. The third kappa shape index (κ3) is 0.671. The summed E-state index contributed by atoms with van der Waals surface area (Å²) in [6.45, 7) is 0. The summed E-state index contributed by atoms with van der Waals surface area (Å²) in [6.07, 6.45) is 6.29. The van der Waals surface area contributed by atoms with Gasteiger partial charge in [-0.05, 0) is 12.8 Å². The average Bonchev–Trinajstić information content (AvgIpc) is 2.03. The Bertz CT molecular complexity index is 197. The molecule has 3 atom stereocenters. The van der Waals surface area contributed by atoms with Gasteiger partial charge < -0.3 is 0 Å². The normalized spacial score (nSPS) is 44.5. The topological polar surface area (TPSA) is 17.1 Å². The van der Waals surface area contributed by atoms with Gasteiger partial charge in [0.25, 0.3) is 0 Å². The number of fused-ring (bicyclic) bond motifs is 1. The number of carbonyl (C=O) groups excluding carboxylic acids is 1. The molecule has 0 aliphatic heterocycles. The Morgan fingerprint density at radius 3 is 3.10 bits per heavy atom. The molecule has 0 heterocycles. The Morgan fingerprint density at radius 1 is 1.60 bits per heavy atom. The predicted octanol–water partition coefficient (Wildman–Crippen LogP) is 1.76. The first-order valence-electron chi connectivity index (χ1n) is 3.65. The van der Waals surface area contributed by atoms with Crippen molar-refractivity contribution >= 4 is 17.4 Å². The number of hydrogen-bond acceptors (Lipinski definition) is 1. The monoisotopic (exact) mass is 156 g/mol. The van der Waals surface area contributed by atoms with Crippen LogP contribution < -0.4 is 0 Å². The van der Waals surface area contributed by atoms with E-state index in [0.717, 1.165) is 12.8 Å². The van der Waals surface area contributed by atoms with Gasteiger partial charge in [-0.3, -0.25) is 4.79 Å². The van der Waals surface area contributed by atoms with E-state index in [1.165, 1.54) is 0 Å². The summed E-state index contributed by atoms with van der Waals surface area (Å²) in [5.41, 5.74) is 0. The van der Waals surface area contributed by atoms with Crippen molar-refractivity contribution in [2.75, 3.05) is 0 Å². The zero-order valence-electron chi connectivity index (χ0n) is 5.59. The van der Waals surface area contributed by atoms with Crippen LogP contribution in [0.25, 0.3) is 0 Å². The standard InChI is InChI=1S/C8H9ClO/c9-7-5-3-1-2-4-6(5)8(7)10/h1,3,5-7H,2,4H2. The highest BCUT2D eigenvalue weighted by Crippen LogP contribution is 2.41. The summed E-state index contributed by atoms with van der Waals surface area (Å²) >= 11 is 5.77. The van der Waals surface area contributed by atoms with E-state index < -0.39 is 0 Å². The Balaban J connectivity index is 2.18. The van der Waals surface area contributed by atoms with Gasteiger partial charge in [-0.2, -0.15) is 0 Å². The van der Waals surface area contributed by atoms with Crippen molar-refractivity contribution in [3.8, 4) is 0 Å². The summed E-state index contributed by atoms with van der Waals surface area (Å²) in [5.74, 6) is 0.895. The van der Waals surface area contributed by atoms with E-state index in [1.807, 2.05) is 0 Å². The van der Waals surface area contributed by atoms with Crippen LogP contribution in [0.15, 0.2) is 12.2 Å². The minimum atomic E-state index is -0.207. The molecule has 2 aliphatic rings. The second kappa shape index (κ2) is 2.09. The Kier molecular flexibility index (Phi) is 1.34. The van der Waals surface area contributed by atoms with Crippen LogP contribution in [0.4, 0.5) is 0 Å². The first kappa shape index (κ1) is 6.41. The first-order valence-corrected chi connectivity index (χ1v) is 4.09. The lowest BCUT2D eigenvalue weighted by molar-refractivity contribution is -0.132. The Hall–Kier alpha value is -0.300. The molecule has 0 aromatic rings. The molecule has 1 saturated carbocycles. The van der Waals surface area contributed by atoms with Gasteiger partial charge in [0.2, 0.25) is 0 Å². The fourth-order valence-corrected chi connectivity index (χ4v) is 2.19. The molecule has 1 nitrogen and oxygen atoms in total. The number of allylic oxidation sites excluding steroid dienone is 2. The van der Waals surface area contributed by atoms with Crippen LogP contribution >= 0.6 is 11.6 Å². The third-order valence-corrected chi connectivity index (χ3v) is 2.95. The molecular weight excluding hydrogens is 148 g/mol. The van der Waals surface area contributed by atoms with Gasteiger partial charge in [0.15, 0.2) is 5.78 Å². The van der Waals surface area contributed by atoms with Crippen LogP contribution in [0.3, 0.4) is 0 Å². The van der Waals surface area contributed by atoms with Gasteiger partial charge in [0.05, 0.1) is 5.38 Å². The van der Waals surface area contributed by atoms with E-state index in [2.05, 4.69) is 12.2 Å². The van der Waals surface area contributed by atoms with Gasteiger partial charge in [-0.25, -0.2) is 0 Å². The molecule has 0 aromatic carbocycles. The number of alkyl halides is 1. The number of Topliss-reactive ketones (excluding diaryl/α,β-unsaturated/α-hetero) is 1. The quantitative estimate of drug-likeness (QED) is 0.386. The van der Waals surface area contributed by atoms with Crippen molar-refractivity contribution in [2.45, 2.75) is 18.2 Å². The molecular formula is C8H9ClO. The van der Waals surface area contributed by atoms with Gasteiger partial charge in [-0.15, -0.1) is 11.6 Å². The summed E-state index contributed by atoms with van der Waals surface area (Å²) < 4.78 is 0. The second-order valence-electron chi connectivity index (χ2n) is 2.99. The summed E-state index contributed by atoms with van der Waals surface area (Å²) in [6, 6.07) is 0. The zero-order chi connectivity index (χ0) is 7.14. The summed E-state index contributed by atoms with van der Waals surface area (Å²) in [7, 11) is 0. The van der Waals surface area contributed by atoms with Gasteiger partial charge >= 0.3 is 0 Å². The highest BCUT2D eigenvalue weighted by molar-refractivity contribution is 6.34. The van der Waals surface area contributed by atoms with Gasteiger partial charge in [-0.1, -0.05) is 12.2 Å². The van der Waals surface area contributed by atoms with Crippen LogP contribution in [0.1, 0.15) is 12.8 Å². The molecule has 0 radical (unpaired) electrons. The molecule has 0 N–H and O–H groups in total. The van der Waals surface area contributed by atoms with Crippen molar-refractivity contribution in [1.29, 1.82) is 0 Å². The van der Waals surface area contributed by atoms with E-state index in [-0.39, 0.29) is 17.1 Å². The van der Waals surface area contributed by atoms with Crippen LogP contribution in [0.2, 0.25) is 0 Å². The van der Waals surface area contributed by atoms with Crippen LogP contribution in [0, 0.1) is 11.8 Å². The maximum absolute atomic E-state index is 11.0. The molecule has 2 rings (SSSR count). The minimum absolute atomic E-state index is 0.207. The molecule has 0 saturated heterocycles. The smallest absolute Gasteiger partial charge is 0.155 e. The highest BCUT2D eigenvalue weighted by Gasteiger charge is 2.47. The molecule has 0 aromatic heterocycles. The van der Waals surface area contributed by atoms with E-state index >= 15 is 0 Å². The van der Waals surface area contributed by atoms with E-state index in [9.17, 15) is 4.79 Å². The van der Waals surface area contributed by atoms with Gasteiger partial charge in [0, 0.05) is 11.8 Å².